The molecule has 0 N–H and O–H groups in total. The van der Waals surface area contributed by atoms with Gasteiger partial charge in [-0.05, 0) is 25.1 Å². The summed E-state index contributed by atoms with van der Waals surface area (Å²) in [5, 5.41) is 18.7. The Morgan fingerprint density at radius 2 is 2.13 bits per heavy atom. The minimum atomic E-state index is -0.523. The zero-order valence-corrected chi connectivity index (χ0v) is 18.1. The average molecular weight is 453 g/mol. The van der Waals surface area contributed by atoms with E-state index in [0.29, 0.717) is 22.7 Å². The lowest BCUT2D eigenvalue weighted by molar-refractivity contribution is -0.384. The molecule has 0 saturated heterocycles. The molecule has 31 heavy (non-hydrogen) atoms. The number of para-hydroxylation sites is 1. The van der Waals surface area contributed by atoms with Gasteiger partial charge >= 0.3 is 0 Å². The number of aromatic nitrogens is 1. The molecule has 156 valence electrons. The van der Waals surface area contributed by atoms with Crippen LogP contribution in [0.5, 0.6) is 0 Å². The molecule has 2 heterocycles. The van der Waals surface area contributed by atoms with Crippen LogP contribution >= 0.6 is 22.9 Å². The Hall–Kier alpha value is -3.49. The molecule has 0 radical (unpaired) electrons. The highest BCUT2D eigenvalue weighted by Crippen LogP contribution is 2.28. The van der Waals surface area contributed by atoms with E-state index >= 15 is 0 Å². The molecule has 0 aliphatic rings. The lowest BCUT2D eigenvalue weighted by Gasteiger charge is -2.01. The first kappa shape index (κ1) is 20.8. The van der Waals surface area contributed by atoms with Crippen LogP contribution in [0.4, 0.5) is 5.69 Å². The largest absolute Gasteiger partial charge is 0.454 e. The van der Waals surface area contributed by atoms with Crippen molar-refractivity contribution in [2.45, 2.75) is 6.92 Å². The summed E-state index contributed by atoms with van der Waals surface area (Å²) in [6, 6.07) is 14.2. The van der Waals surface area contributed by atoms with Crippen LogP contribution in [0.15, 0.2) is 80.6 Å². The van der Waals surface area contributed by atoms with Gasteiger partial charge in [0.1, 0.15) is 16.3 Å². The van der Waals surface area contributed by atoms with Crippen LogP contribution in [0.3, 0.4) is 0 Å². The molecule has 0 aliphatic carbocycles. The Morgan fingerprint density at radius 3 is 2.87 bits per heavy atom. The number of hydrogen-bond acceptors (Lipinski definition) is 6. The second kappa shape index (κ2) is 8.71. The van der Waals surface area contributed by atoms with E-state index < -0.39 is 4.92 Å². The summed E-state index contributed by atoms with van der Waals surface area (Å²) in [7, 11) is 0. The van der Waals surface area contributed by atoms with Crippen molar-refractivity contribution in [3.8, 4) is 11.5 Å². The number of benzene rings is 2. The van der Waals surface area contributed by atoms with Gasteiger partial charge in [0.15, 0.2) is 5.76 Å². The number of halogens is 1. The van der Waals surface area contributed by atoms with Crippen molar-refractivity contribution in [1.82, 2.24) is 4.68 Å². The maximum atomic E-state index is 11.2. The summed E-state index contributed by atoms with van der Waals surface area (Å²) in [6.45, 7) is 6.25. The van der Waals surface area contributed by atoms with Gasteiger partial charge in [-0.1, -0.05) is 48.0 Å². The lowest BCUT2D eigenvalue weighted by atomic mass is 10.2. The van der Waals surface area contributed by atoms with Crippen molar-refractivity contribution in [3.05, 3.63) is 91.6 Å². The Bertz CT molecular complexity index is 1360. The van der Waals surface area contributed by atoms with E-state index in [9.17, 15) is 10.1 Å². The van der Waals surface area contributed by atoms with Crippen LogP contribution in [0, 0.1) is 10.1 Å². The van der Waals surface area contributed by atoms with Gasteiger partial charge in [0, 0.05) is 22.4 Å². The van der Waals surface area contributed by atoms with Crippen LogP contribution in [-0.2, 0) is 0 Å². The lowest BCUT2D eigenvalue weighted by Crippen LogP contribution is -2.12. The number of thiazole rings is 1. The molecule has 2 aromatic carbocycles. The Morgan fingerprint density at radius 1 is 1.32 bits per heavy atom. The zero-order valence-electron chi connectivity index (χ0n) is 16.5. The van der Waals surface area contributed by atoms with Crippen LogP contribution in [0.2, 0.25) is 5.02 Å². The second-order valence-electron chi connectivity index (χ2n) is 6.85. The van der Waals surface area contributed by atoms with Crippen molar-refractivity contribution in [1.29, 1.82) is 0 Å². The number of fused-ring (bicyclic) bond motifs is 1. The molecular formula is C22H17ClN4O3S. The molecule has 2 aromatic heterocycles. The smallest absolute Gasteiger partial charge is 0.288 e. The molecule has 0 fully saturated rings. The van der Waals surface area contributed by atoms with Crippen molar-refractivity contribution in [3.63, 3.8) is 0 Å². The normalized spacial score (nSPS) is 12.1. The molecular weight excluding hydrogens is 436 g/mol. The van der Waals surface area contributed by atoms with Gasteiger partial charge in [0.25, 0.3) is 5.69 Å². The molecule has 4 aromatic rings. The highest BCUT2D eigenvalue weighted by Gasteiger charge is 2.14. The average Bonchev–Trinajstić information content (AvgIpc) is 3.34. The third kappa shape index (κ3) is 4.50. The Balaban J connectivity index is 1.81. The highest BCUT2D eigenvalue weighted by molar-refractivity contribution is 7.07. The molecule has 0 atom stereocenters. The predicted molar refractivity (Wildman–Crippen MR) is 124 cm³/mol. The van der Waals surface area contributed by atoms with E-state index in [4.69, 9.17) is 16.0 Å². The van der Waals surface area contributed by atoms with Crippen molar-refractivity contribution in [2.24, 2.45) is 10.1 Å². The van der Waals surface area contributed by atoms with E-state index in [1.54, 1.807) is 10.7 Å². The first-order chi connectivity index (χ1) is 14.9. The van der Waals surface area contributed by atoms with Gasteiger partial charge < -0.3 is 4.42 Å². The minimum Gasteiger partial charge on any atom is -0.454 e. The Labute approximate surface area is 186 Å². The van der Waals surface area contributed by atoms with Gasteiger partial charge in [-0.25, -0.2) is 4.68 Å². The first-order valence-electron chi connectivity index (χ1n) is 9.25. The number of nitro groups is 1. The third-order valence-corrected chi connectivity index (χ3v) is 5.51. The summed E-state index contributed by atoms with van der Waals surface area (Å²) in [5.41, 5.74) is 2.78. The molecule has 4 rings (SSSR count). The predicted octanol–water partition coefficient (Wildman–Crippen LogP) is 5.88. The number of furan rings is 1. The fourth-order valence-corrected chi connectivity index (χ4v) is 3.88. The molecule has 9 heteroatoms. The minimum absolute atomic E-state index is 0.0745. The number of hydrogen-bond donors (Lipinski definition) is 0. The van der Waals surface area contributed by atoms with Crippen LogP contribution < -0.4 is 4.80 Å². The van der Waals surface area contributed by atoms with Gasteiger partial charge in [0.2, 0.25) is 4.80 Å². The van der Waals surface area contributed by atoms with Gasteiger partial charge in [0.05, 0.1) is 17.7 Å². The molecule has 0 unspecified atom stereocenters. The van der Waals surface area contributed by atoms with Crippen molar-refractivity contribution < 1.29 is 9.34 Å². The molecule has 0 spiro atoms. The summed E-state index contributed by atoms with van der Waals surface area (Å²) >= 11 is 7.33. The van der Waals surface area contributed by atoms with E-state index in [1.165, 1.54) is 29.7 Å². The number of nitro benzene ring substituents is 1. The van der Waals surface area contributed by atoms with Crippen LogP contribution in [-0.4, -0.2) is 22.4 Å². The van der Waals surface area contributed by atoms with Crippen molar-refractivity contribution in [2.75, 3.05) is 6.54 Å². The summed E-state index contributed by atoms with van der Waals surface area (Å²) < 4.78 is 7.66. The molecule has 0 aliphatic heterocycles. The summed E-state index contributed by atoms with van der Waals surface area (Å²) in [5.74, 6) is 0.647. The monoisotopic (exact) mass is 452 g/mol. The number of rotatable bonds is 6. The van der Waals surface area contributed by atoms with Crippen molar-refractivity contribution >= 4 is 45.8 Å². The van der Waals surface area contributed by atoms with Gasteiger partial charge in [-0.3, -0.25) is 15.1 Å². The van der Waals surface area contributed by atoms with E-state index in [1.807, 2.05) is 42.6 Å². The number of nitrogens with zero attached hydrogens (tertiary/aromatic N) is 4. The van der Waals surface area contributed by atoms with E-state index in [2.05, 4.69) is 16.7 Å². The van der Waals surface area contributed by atoms with E-state index in [0.717, 1.165) is 22.2 Å². The molecule has 0 amide bonds. The van der Waals surface area contributed by atoms with E-state index in [-0.39, 0.29) is 10.7 Å². The maximum Gasteiger partial charge on any atom is 0.288 e. The fraction of sp³-hybridized carbons (Fsp3) is 0.0909. The summed E-state index contributed by atoms with van der Waals surface area (Å²) in [4.78, 5) is 15.9. The van der Waals surface area contributed by atoms with Gasteiger partial charge in [-0.2, -0.15) is 5.10 Å². The Kier molecular flexibility index (Phi) is 5.83. The van der Waals surface area contributed by atoms with Gasteiger partial charge in [-0.15, -0.1) is 11.3 Å². The topological polar surface area (TPSA) is 85.9 Å². The first-order valence-corrected chi connectivity index (χ1v) is 10.5. The highest BCUT2D eigenvalue weighted by atomic mass is 35.5. The summed E-state index contributed by atoms with van der Waals surface area (Å²) in [6.07, 6.45) is 1.53. The third-order valence-electron chi connectivity index (χ3n) is 4.34. The fourth-order valence-electron chi connectivity index (χ4n) is 2.87. The molecule has 0 saturated carbocycles. The quantitative estimate of drug-likeness (QED) is 0.158. The second-order valence-corrected chi connectivity index (χ2v) is 8.09. The standard InChI is InChI=1S/C22H17ClN4O3S/c1-14(2)11-24-22-26(25-12-15-7-8-17(23)18(9-15)27(28)29)19(13-31-22)21-10-16-5-3-4-6-20(16)30-21/h3-10,12-13H,1,11H2,2H3. The SMILES string of the molecule is C=C(C)CN=c1scc(-c2cc3ccccc3o2)n1N=Cc1ccc(Cl)c([N+](=O)[O-])c1. The molecule has 7 nitrogen and oxygen atoms in total. The van der Waals surface area contributed by atoms with Crippen LogP contribution in [0.25, 0.3) is 22.4 Å². The molecule has 0 bridgehead atoms. The van der Waals surface area contributed by atoms with Crippen LogP contribution in [0.1, 0.15) is 12.5 Å². The zero-order chi connectivity index (χ0) is 22.0. The maximum absolute atomic E-state index is 11.2.